The molecule has 0 bridgehead atoms. The summed E-state index contributed by atoms with van der Waals surface area (Å²) in [5, 5.41) is 13.9. The van der Waals surface area contributed by atoms with E-state index in [9.17, 15) is 9.59 Å². The van der Waals surface area contributed by atoms with E-state index in [0.717, 1.165) is 11.3 Å². The van der Waals surface area contributed by atoms with Crippen LogP contribution in [-0.4, -0.2) is 24.1 Å². The van der Waals surface area contributed by atoms with Gasteiger partial charge in [0.25, 0.3) is 5.91 Å². The first kappa shape index (κ1) is 14.4. The van der Waals surface area contributed by atoms with Crippen molar-refractivity contribution < 1.29 is 19.4 Å². The number of carboxylic acid groups (broad SMARTS) is 1. The minimum atomic E-state index is -1.09. The van der Waals surface area contributed by atoms with Gasteiger partial charge < -0.3 is 15.2 Å². The molecule has 0 atom stereocenters. The van der Waals surface area contributed by atoms with Crippen LogP contribution < -0.4 is 10.1 Å². The van der Waals surface area contributed by atoms with Gasteiger partial charge in [-0.1, -0.05) is 11.6 Å². The molecule has 1 heterocycles. The quantitative estimate of drug-likeness (QED) is 0.907. The van der Waals surface area contributed by atoms with Crippen LogP contribution in [0.25, 0.3) is 0 Å². The van der Waals surface area contributed by atoms with E-state index in [0.29, 0.717) is 10.8 Å². The minimum Gasteiger partial charge on any atom is -0.496 e. The Balaban J connectivity index is 2.28. The monoisotopic (exact) mass is 311 g/mol. The van der Waals surface area contributed by atoms with Gasteiger partial charge in [0.2, 0.25) is 0 Å². The first-order valence-corrected chi connectivity index (χ1v) is 6.74. The van der Waals surface area contributed by atoms with E-state index < -0.39 is 11.9 Å². The number of nitrogens with one attached hydrogen (secondary N) is 1. The Kier molecular flexibility index (Phi) is 4.26. The lowest BCUT2D eigenvalue weighted by Gasteiger charge is -2.09. The van der Waals surface area contributed by atoms with Crippen LogP contribution in [0.3, 0.4) is 0 Å². The number of benzene rings is 1. The number of anilines is 1. The zero-order valence-corrected chi connectivity index (χ0v) is 11.9. The molecule has 0 aliphatic carbocycles. The maximum Gasteiger partial charge on any atom is 0.338 e. The molecule has 0 aliphatic heterocycles. The average molecular weight is 312 g/mol. The fourth-order valence-electron chi connectivity index (χ4n) is 1.60. The average Bonchev–Trinajstić information content (AvgIpc) is 2.86. The Bertz CT molecular complexity index is 668. The number of carbonyl (C=O) groups excluding carboxylic acids is 1. The van der Waals surface area contributed by atoms with Gasteiger partial charge in [0, 0.05) is 5.02 Å². The van der Waals surface area contributed by atoms with Crippen molar-refractivity contribution in [3.05, 3.63) is 45.8 Å². The van der Waals surface area contributed by atoms with Crippen molar-refractivity contribution in [1.82, 2.24) is 0 Å². The van der Waals surface area contributed by atoms with Crippen molar-refractivity contribution in [3.63, 3.8) is 0 Å². The number of ether oxygens (including phenoxy) is 1. The molecular weight excluding hydrogens is 302 g/mol. The van der Waals surface area contributed by atoms with Gasteiger partial charge in [-0.25, -0.2) is 4.79 Å². The van der Waals surface area contributed by atoms with E-state index in [1.165, 1.54) is 25.3 Å². The fraction of sp³-hybridized carbons (Fsp3) is 0.0769. The number of hydrogen-bond acceptors (Lipinski definition) is 4. The zero-order chi connectivity index (χ0) is 14.7. The number of amides is 1. The summed E-state index contributed by atoms with van der Waals surface area (Å²) >= 11 is 6.96. The third kappa shape index (κ3) is 2.92. The molecule has 2 aromatic rings. The lowest BCUT2D eigenvalue weighted by Crippen LogP contribution is -2.14. The molecule has 104 valence electrons. The standard InChI is InChI=1S/C13H10ClNO4S/c1-19-10-6-7(14)2-3-8(10)11(16)15-12-9(13(17)18)4-5-20-12/h2-6H,1H3,(H,15,16)(H,17,18). The van der Waals surface area contributed by atoms with Crippen molar-refractivity contribution in [2.24, 2.45) is 0 Å². The third-order valence-corrected chi connectivity index (χ3v) is 3.60. The molecule has 1 aromatic carbocycles. The molecule has 20 heavy (non-hydrogen) atoms. The molecule has 0 radical (unpaired) electrons. The first-order chi connectivity index (χ1) is 9.52. The van der Waals surface area contributed by atoms with Gasteiger partial charge in [0.1, 0.15) is 10.8 Å². The summed E-state index contributed by atoms with van der Waals surface area (Å²) in [5.74, 6) is -1.23. The largest absolute Gasteiger partial charge is 0.496 e. The van der Waals surface area contributed by atoms with Gasteiger partial charge in [0.15, 0.2) is 0 Å². The molecule has 2 N–H and O–H groups in total. The molecule has 0 fully saturated rings. The highest BCUT2D eigenvalue weighted by atomic mass is 35.5. The van der Waals surface area contributed by atoms with E-state index in [1.807, 2.05) is 0 Å². The number of aromatic carboxylic acids is 1. The molecule has 0 saturated carbocycles. The summed E-state index contributed by atoms with van der Waals surface area (Å²) in [6.07, 6.45) is 0. The summed E-state index contributed by atoms with van der Waals surface area (Å²) in [4.78, 5) is 23.1. The predicted octanol–water partition coefficient (Wildman–Crippen LogP) is 3.36. The number of rotatable bonds is 4. The second kappa shape index (κ2) is 5.94. The predicted molar refractivity (Wildman–Crippen MR) is 77.2 cm³/mol. The number of methoxy groups -OCH3 is 1. The Morgan fingerprint density at radius 1 is 1.30 bits per heavy atom. The molecule has 0 unspecified atom stereocenters. The Morgan fingerprint density at radius 2 is 2.05 bits per heavy atom. The van der Waals surface area contributed by atoms with E-state index in [-0.39, 0.29) is 16.1 Å². The highest BCUT2D eigenvalue weighted by Gasteiger charge is 2.17. The second-order valence-electron chi connectivity index (χ2n) is 3.77. The van der Waals surface area contributed by atoms with Crippen LogP contribution in [-0.2, 0) is 0 Å². The van der Waals surface area contributed by atoms with Gasteiger partial charge in [-0.2, -0.15) is 0 Å². The summed E-state index contributed by atoms with van der Waals surface area (Å²) in [6.45, 7) is 0. The van der Waals surface area contributed by atoms with Gasteiger partial charge >= 0.3 is 5.97 Å². The first-order valence-electron chi connectivity index (χ1n) is 5.48. The van der Waals surface area contributed by atoms with E-state index in [1.54, 1.807) is 11.4 Å². The fourth-order valence-corrected chi connectivity index (χ4v) is 2.53. The summed E-state index contributed by atoms with van der Waals surface area (Å²) in [7, 11) is 1.43. The topological polar surface area (TPSA) is 75.6 Å². The number of hydrogen-bond donors (Lipinski definition) is 2. The summed E-state index contributed by atoms with van der Waals surface area (Å²) in [6, 6.07) is 6.03. The normalized spacial score (nSPS) is 10.1. The van der Waals surface area contributed by atoms with Gasteiger partial charge in [-0.05, 0) is 29.6 Å². The van der Waals surface area contributed by atoms with Crippen LogP contribution in [0.5, 0.6) is 5.75 Å². The van der Waals surface area contributed by atoms with E-state index in [4.69, 9.17) is 21.4 Å². The smallest absolute Gasteiger partial charge is 0.338 e. The van der Waals surface area contributed by atoms with Crippen molar-refractivity contribution >= 4 is 39.8 Å². The molecule has 0 saturated heterocycles. The Hall–Kier alpha value is -2.05. The van der Waals surface area contributed by atoms with Crippen molar-refractivity contribution in [2.75, 3.05) is 12.4 Å². The number of halogens is 1. The second-order valence-corrected chi connectivity index (χ2v) is 5.12. The van der Waals surface area contributed by atoms with Crippen LogP contribution in [0, 0.1) is 0 Å². The van der Waals surface area contributed by atoms with Crippen LogP contribution in [0.4, 0.5) is 5.00 Å². The number of thiophene rings is 1. The molecule has 1 amide bonds. The Labute approximate surface area is 123 Å². The SMILES string of the molecule is COc1cc(Cl)ccc1C(=O)Nc1sccc1C(=O)O. The van der Waals surface area contributed by atoms with Crippen LogP contribution in [0.2, 0.25) is 5.02 Å². The third-order valence-electron chi connectivity index (χ3n) is 2.53. The summed E-state index contributed by atoms with van der Waals surface area (Å²) in [5.41, 5.74) is 0.331. The highest BCUT2D eigenvalue weighted by molar-refractivity contribution is 7.14. The number of carboxylic acids is 1. The maximum atomic E-state index is 12.2. The lowest BCUT2D eigenvalue weighted by molar-refractivity contribution is 0.0698. The van der Waals surface area contributed by atoms with Crippen LogP contribution in [0.1, 0.15) is 20.7 Å². The Morgan fingerprint density at radius 3 is 2.70 bits per heavy atom. The zero-order valence-electron chi connectivity index (χ0n) is 10.3. The van der Waals surface area contributed by atoms with Gasteiger partial charge in [0.05, 0.1) is 18.2 Å². The van der Waals surface area contributed by atoms with Crippen LogP contribution >= 0.6 is 22.9 Å². The van der Waals surface area contributed by atoms with Crippen LogP contribution in [0.15, 0.2) is 29.6 Å². The van der Waals surface area contributed by atoms with Crippen molar-refractivity contribution in [2.45, 2.75) is 0 Å². The number of carbonyl (C=O) groups is 2. The van der Waals surface area contributed by atoms with E-state index >= 15 is 0 Å². The van der Waals surface area contributed by atoms with Gasteiger partial charge in [-0.3, -0.25) is 4.79 Å². The molecular formula is C13H10ClNO4S. The van der Waals surface area contributed by atoms with Gasteiger partial charge in [-0.15, -0.1) is 11.3 Å². The lowest BCUT2D eigenvalue weighted by atomic mass is 10.2. The van der Waals surface area contributed by atoms with Crippen molar-refractivity contribution in [3.8, 4) is 5.75 Å². The van der Waals surface area contributed by atoms with E-state index in [2.05, 4.69) is 5.32 Å². The minimum absolute atomic E-state index is 0.0521. The maximum absolute atomic E-state index is 12.2. The highest BCUT2D eigenvalue weighted by Crippen LogP contribution is 2.27. The molecule has 0 aliphatic rings. The molecule has 0 spiro atoms. The summed E-state index contributed by atoms with van der Waals surface area (Å²) < 4.78 is 5.09. The molecule has 1 aromatic heterocycles. The molecule has 5 nitrogen and oxygen atoms in total. The molecule has 7 heteroatoms. The van der Waals surface area contributed by atoms with Crippen molar-refractivity contribution in [1.29, 1.82) is 0 Å². The molecule has 2 rings (SSSR count).